The summed E-state index contributed by atoms with van der Waals surface area (Å²) < 4.78 is 26.2. The van der Waals surface area contributed by atoms with E-state index in [1.807, 2.05) is 18.2 Å². The summed E-state index contributed by atoms with van der Waals surface area (Å²) >= 11 is 1.33. The molecule has 0 aliphatic carbocycles. The summed E-state index contributed by atoms with van der Waals surface area (Å²) in [5, 5.41) is 0.508. The number of benzene rings is 2. The molecule has 0 radical (unpaired) electrons. The molecule has 1 aliphatic rings. The molecular weight excluding hydrogens is 477 g/mol. The van der Waals surface area contributed by atoms with Gasteiger partial charge >= 0.3 is 0 Å². The average molecular weight is 508 g/mol. The van der Waals surface area contributed by atoms with Crippen LogP contribution in [0.25, 0.3) is 10.2 Å². The predicted octanol–water partition coefficient (Wildman–Crippen LogP) is 5.41. The van der Waals surface area contributed by atoms with E-state index in [4.69, 9.17) is 9.47 Å². The van der Waals surface area contributed by atoms with Gasteiger partial charge < -0.3 is 9.47 Å². The van der Waals surface area contributed by atoms with Crippen LogP contribution in [0, 0.1) is 5.82 Å². The highest BCUT2D eigenvalue weighted by Crippen LogP contribution is 2.31. The molecule has 1 amide bonds. The fourth-order valence-electron chi connectivity index (χ4n) is 3.76. The van der Waals surface area contributed by atoms with Crippen molar-refractivity contribution in [3.63, 3.8) is 0 Å². The molecule has 2 aromatic carbocycles. The maximum Gasteiger partial charge on any atom is 0.260 e. The molecule has 4 rings (SSSR count). The fourth-order valence-corrected chi connectivity index (χ4v) is 4.77. The van der Waals surface area contributed by atoms with Crippen LogP contribution in [0.4, 0.5) is 9.52 Å². The Morgan fingerprint density at radius 2 is 1.94 bits per heavy atom. The molecule has 0 saturated carbocycles. The second-order valence-electron chi connectivity index (χ2n) is 8.07. The molecule has 0 unspecified atom stereocenters. The van der Waals surface area contributed by atoms with Crippen molar-refractivity contribution in [1.82, 2.24) is 9.88 Å². The van der Waals surface area contributed by atoms with E-state index in [0.717, 1.165) is 42.8 Å². The number of carbonyl (C=O) groups is 1. The number of anilines is 1. The number of carbonyl (C=O) groups excluding carboxylic acids is 1. The van der Waals surface area contributed by atoms with Gasteiger partial charge in [-0.25, -0.2) is 9.37 Å². The zero-order valence-electron chi connectivity index (χ0n) is 19.4. The number of para-hydroxylation sites is 1. The van der Waals surface area contributed by atoms with E-state index < -0.39 is 0 Å². The average Bonchev–Trinajstić information content (AvgIpc) is 3.28. The number of amides is 1. The summed E-state index contributed by atoms with van der Waals surface area (Å²) in [5.41, 5.74) is 0.857. The molecule has 34 heavy (non-hydrogen) atoms. The fraction of sp³-hybridized carbons (Fsp3) is 0.440. The highest BCUT2D eigenvalue weighted by Gasteiger charge is 2.23. The van der Waals surface area contributed by atoms with Gasteiger partial charge in [-0.2, -0.15) is 0 Å². The van der Waals surface area contributed by atoms with Gasteiger partial charge in [-0.3, -0.25) is 14.6 Å². The Balaban J connectivity index is 0.00000324. The summed E-state index contributed by atoms with van der Waals surface area (Å²) in [7, 11) is 0. The van der Waals surface area contributed by atoms with Crippen molar-refractivity contribution in [3.05, 3.63) is 53.8 Å². The topological polar surface area (TPSA) is 54.9 Å². The summed E-state index contributed by atoms with van der Waals surface area (Å²) in [4.78, 5) is 21.9. The molecule has 1 aromatic heterocycles. The molecule has 2 heterocycles. The molecule has 0 atom stereocenters. The maximum absolute atomic E-state index is 14.3. The first-order chi connectivity index (χ1) is 16.2. The quantitative estimate of drug-likeness (QED) is 0.344. The van der Waals surface area contributed by atoms with Crippen molar-refractivity contribution in [2.24, 2.45) is 0 Å². The van der Waals surface area contributed by atoms with Gasteiger partial charge in [0.15, 0.2) is 5.13 Å². The molecule has 184 valence electrons. The van der Waals surface area contributed by atoms with E-state index >= 15 is 0 Å². The summed E-state index contributed by atoms with van der Waals surface area (Å²) in [5.74, 6) is 0.227. The van der Waals surface area contributed by atoms with E-state index in [9.17, 15) is 9.18 Å². The lowest BCUT2D eigenvalue weighted by Crippen LogP contribution is -2.43. The SMILES string of the molecule is CCCCCOc1ccc(C(=O)N(CCN2CCOCC2)c2nc3c(F)cccc3s2)cc1.Cl. The van der Waals surface area contributed by atoms with Gasteiger partial charge in [0.1, 0.15) is 17.1 Å². The monoisotopic (exact) mass is 507 g/mol. The molecule has 1 fully saturated rings. The molecular formula is C25H31ClFN3O3S. The standard InChI is InChI=1S/C25H30FN3O3S.ClH/c1-2-3-4-16-32-20-10-8-19(9-11-20)24(30)29(13-12-28-14-17-31-18-15-28)25-27-23-21(26)6-5-7-22(23)33-25;/h5-11H,2-4,12-18H2,1H3;1H. The Labute approximate surface area is 210 Å². The van der Waals surface area contributed by atoms with E-state index in [1.54, 1.807) is 23.1 Å². The largest absolute Gasteiger partial charge is 0.494 e. The van der Waals surface area contributed by atoms with Crippen LogP contribution in [0.2, 0.25) is 0 Å². The Kier molecular flexibility index (Phi) is 10.1. The van der Waals surface area contributed by atoms with E-state index in [2.05, 4.69) is 16.8 Å². The lowest BCUT2D eigenvalue weighted by molar-refractivity contribution is 0.0391. The second-order valence-corrected chi connectivity index (χ2v) is 9.08. The number of hydrogen-bond donors (Lipinski definition) is 0. The van der Waals surface area contributed by atoms with Crippen molar-refractivity contribution >= 4 is 45.0 Å². The van der Waals surface area contributed by atoms with Crippen molar-refractivity contribution in [3.8, 4) is 5.75 Å². The van der Waals surface area contributed by atoms with Crippen LogP contribution >= 0.6 is 23.7 Å². The minimum atomic E-state index is -0.375. The van der Waals surface area contributed by atoms with Gasteiger partial charge in [-0.05, 0) is 42.8 Å². The van der Waals surface area contributed by atoms with Crippen LogP contribution in [-0.2, 0) is 4.74 Å². The third-order valence-corrected chi connectivity index (χ3v) is 6.74. The van der Waals surface area contributed by atoms with E-state index in [0.29, 0.717) is 49.1 Å². The second kappa shape index (κ2) is 13.0. The van der Waals surface area contributed by atoms with Gasteiger partial charge in [0.25, 0.3) is 5.91 Å². The van der Waals surface area contributed by atoms with Crippen LogP contribution in [0.3, 0.4) is 0 Å². The number of morpholine rings is 1. The highest BCUT2D eigenvalue weighted by molar-refractivity contribution is 7.22. The molecule has 0 N–H and O–H groups in total. The van der Waals surface area contributed by atoms with Crippen LogP contribution < -0.4 is 9.64 Å². The normalized spacial score (nSPS) is 14.1. The van der Waals surface area contributed by atoms with Gasteiger partial charge in [0.2, 0.25) is 0 Å². The smallest absolute Gasteiger partial charge is 0.260 e. The molecule has 3 aromatic rings. The number of nitrogens with zero attached hydrogens (tertiary/aromatic N) is 3. The van der Waals surface area contributed by atoms with E-state index in [1.165, 1.54) is 17.4 Å². The minimum absolute atomic E-state index is 0. The number of rotatable bonds is 10. The molecule has 0 spiro atoms. The third-order valence-electron chi connectivity index (χ3n) is 5.70. The lowest BCUT2D eigenvalue weighted by atomic mass is 10.2. The first-order valence-corrected chi connectivity index (χ1v) is 12.4. The number of halogens is 2. The predicted molar refractivity (Wildman–Crippen MR) is 137 cm³/mol. The van der Waals surface area contributed by atoms with Crippen LogP contribution in [-0.4, -0.2) is 61.8 Å². The Morgan fingerprint density at radius 3 is 2.65 bits per heavy atom. The maximum atomic E-state index is 14.3. The third kappa shape index (κ3) is 6.66. The zero-order valence-corrected chi connectivity index (χ0v) is 21.0. The molecule has 6 nitrogen and oxygen atoms in total. The van der Waals surface area contributed by atoms with Gasteiger partial charge in [0.05, 0.1) is 24.5 Å². The van der Waals surface area contributed by atoms with Gasteiger partial charge in [-0.1, -0.05) is 37.2 Å². The highest BCUT2D eigenvalue weighted by atomic mass is 35.5. The molecule has 1 saturated heterocycles. The van der Waals surface area contributed by atoms with Crippen molar-refractivity contribution in [1.29, 1.82) is 0 Å². The minimum Gasteiger partial charge on any atom is -0.494 e. The van der Waals surface area contributed by atoms with Crippen LogP contribution in [0.1, 0.15) is 36.5 Å². The Morgan fingerprint density at radius 1 is 1.18 bits per heavy atom. The van der Waals surface area contributed by atoms with Crippen LogP contribution in [0.5, 0.6) is 5.75 Å². The zero-order chi connectivity index (χ0) is 23.0. The number of unbranched alkanes of at least 4 members (excludes halogenated alkanes) is 2. The summed E-state index contributed by atoms with van der Waals surface area (Å²) in [6.07, 6.45) is 3.30. The number of ether oxygens (including phenoxy) is 2. The molecule has 1 aliphatic heterocycles. The number of aromatic nitrogens is 1. The van der Waals surface area contributed by atoms with Gasteiger partial charge in [-0.15, -0.1) is 12.4 Å². The van der Waals surface area contributed by atoms with Gasteiger partial charge in [0, 0.05) is 31.7 Å². The summed E-state index contributed by atoms with van der Waals surface area (Å²) in [6, 6.07) is 12.1. The van der Waals surface area contributed by atoms with E-state index in [-0.39, 0.29) is 24.1 Å². The Bertz CT molecular complexity index is 1060. The number of thiazole rings is 1. The lowest BCUT2D eigenvalue weighted by Gasteiger charge is -2.29. The van der Waals surface area contributed by atoms with Crippen molar-refractivity contribution in [2.75, 3.05) is 50.9 Å². The summed E-state index contributed by atoms with van der Waals surface area (Å²) in [6.45, 7) is 7.05. The number of hydrogen-bond acceptors (Lipinski definition) is 6. The number of fused-ring (bicyclic) bond motifs is 1. The van der Waals surface area contributed by atoms with Crippen molar-refractivity contribution < 1.29 is 18.7 Å². The molecule has 0 bridgehead atoms. The van der Waals surface area contributed by atoms with Crippen molar-refractivity contribution in [2.45, 2.75) is 26.2 Å². The first-order valence-electron chi connectivity index (χ1n) is 11.6. The first kappa shape index (κ1) is 26.3. The Hall–Kier alpha value is -2.26. The van der Waals surface area contributed by atoms with Crippen LogP contribution in [0.15, 0.2) is 42.5 Å². The molecule has 9 heteroatoms.